The van der Waals surface area contributed by atoms with E-state index in [0.29, 0.717) is 0 Å². The molecular weight excluding hydrogens is 494 g/mol. The van der Waals surface area contributed by atoms with Gasteiger partial charge in [0.15, 0.2) is 9.84 Å². The van der Waals surface area contributed by atoms with Crippen LogP contribution in [0.5, 0.6) is 0 Å². The second-order valence-electron chi connectivity index (χ2n) is 8.33. The van der Waals surface area contributed by atoms with Gasteiger partial charge in [-0.25, -0.2) is 13.2 Å². The van der Waals surface area contributed by atoms with Crippen LogP contribution in [0.25, 0.3) is 0 Å². The van der Waals surface area contributed by atoms with Crippen molar-refractivity contribution in [2.45, 2.75) is 36.4 Å². The van der Waals surface area contributed by atoms with Gasteiger partial charge in [0.1, 0.15) is 18.7 Å². The molecule has 194 valence electrons. The first kappa shape index (κ1) is 27.4. The maximum atomic E-state index is 13.1. The van der Waals surface area contributed by atoms with Gasteiger partial charge in [-0.1, -0.05) is 78.9 Å². The first-order valence-corrected chi connectivity index (χ1v) is 13.3. The molecule has 0 aliphatic rings. The third kappa shape index (κ3) is 8.76. The topological polar surface area (TPSA) is 145 Å². The summed E-state index contributed by atoms with van der Waals surface area (Å²) >= 11 is 0. The quantitative estimate of drug-likeness (QED) is 0.332. The van der Waals surface area contributed by atoms with Crippen molar-refractivity contribution in [3.05, 3.63) is 102 Å². The lowest BCUT2D eigenvalue weighted by molar-refractivity contribution is -0.128. The van der Waals surface area contributed by atoms with Crippen molar-refractivity contribution in [2.24, 2.45) is 5.73 Å². The largest absolute Gasteiger partial charge is 0.445 e. The van der Waals surface area contributed by atoms with Crippen molar-refractivity contribution in [1.29, 1.82) is 0 Å². The Hall–Kier alpha value is -4.18. The van der Waals surface area contributed by atoms with E-state index in [2.05, 4.69) is 10.6 Å². The second kappa shape index (κ2) is 13.2. The minimum Gasteiger partial charge on any atom is -0.445 e. The highest BCUT2D eigenvalue weighted by Gasteiger charge is 2.28. The molecule has 0 unspecified atom stereocenters. The first-order valence-electron chi connectivity index (χ1n) is 11.6. The number of alkyl carbamates (subject to hydrolysis) is 1. The zero-order valence-corrected chi connectivity index (χ0v) is 20.9. The van der Waals surface area contributed by atoms with Crippen LogP contribution in [-0.4, -0.2) is 44.2 Å². The molecule has 0 aliphatic heterocycles. The molecule has 37 heavy (non-hydrogen) atoms. The molecule has 0 saturated carbocycles. The van der Waals surface area contributed by atoms with Crippen LogP contribution in [-0.2, 0) is 37.2 Å². The van der Waals surface area contributed by atoms with E-state index >= 15 is 0 Å². The third-order valence-electron chi connectivity index (χ3n) is 5.54. The van der Waals surface area contributed by atoms with Crippen LogP contribution in [0.1, 0.15) is 17.5 Å². The Kier molecular flexibility index (Phi) is 9.79. The molecule has 0 aliphatic carbocycles. The Morgan fingerprint density at radius 1 is 0.757 bits per heavy atom. The minimum atomic E-state index is -3.69. The molecule has 3 amide bonds. The Morgan fingerprint density at radius 2 is 1.30 bits per heavy atom. The highest BCUT2D eigenvalue weighted by atomic mass is 32.2. The molecular formula is C27H29N3O6S. The van der Waals surface area contributed by atoms with Gasteiger partial charge >= 0.3 is 6.09 Å². The number of primary amides is 1. The number of hydrogen-bond donors (Lipinski definition) is 3. The molecule has 0 fully saturated rings. The summed E-state index contributed by atoms with van der Waals surface area (Å²) in [6.45, 7) is 0.00755. The van der Waals surface area contributed by atoms with Gasteiger partial charge in [-0.2, -0.15) is 0 Å². The number of nitrogens with one attached hydrogen (secondary N) is 2. The Labute approximate surface area is 215 Å². The van der Waals surface area contributed by atoms with Gasteiger partial charge in [0.2, 0.25) is 11.8 Å². The van der Waals surface area contributed by atoms with Gasteiger partial charge < -0.3 is 21.1 Å². The first-order chi connectivity index (χ1) is 17.7. The fraction of sp³-hybridized carbons (Fsp3) is 0.222. The normalized spacial score (nSPS) is 12.6. The lowest BCUT2D eigenvalue weighted by atomic mass is 10.0. The monoisotopic (exact) mass is 523 g/mol. The van der Waals surface area contributed by atoms with Crippen molar-refractivity contribution >= 4 is 27.7 Å². The molecule has 3 rings (SSSR count). The molecule has 0 heterocycles. The van der Waals surface area contributed by atoms with Crippen LogP contribution in [0.15, 0.2) is 95.9 Å². The standard InChI is InChI=1S/C27H29N3O6S/c28-25(31)23(16-17-37(34,35)22-14-8-3-9-15-22)29-26(32)24(18-20-10-4-1-5-11-20)30-27(33)36-19-21-12-6-2-7-13-21/h1-15,23-24H,16-19H2,(H2,28,31)(H,29,32)(H,30,33)/t23-,24-/m1/s1. The summed E-state index contributed by atoms with van der Waals surface area (Å²) in [6.07, 6.45) is -0.933. The summed E-state index contributed by atoms with van der Waals surface area (Å²) in [5.74, 6) is -1.98. The SMILES string of the molecule is NC(=O)[C@@H](CCS(=O)(=O)c1ccccc1)NC(=O)[C@@H](Cc1ccccc1)NC(=O)OCc1ccccc1. The zero-order valence-electron chi connectivity index (χ0n) is 20.1. The summed E-state index contributed by atoms with van der Waals surface area (Å²) in [7, 11) is -3.69. The lowest BCUT2D eigenvalue weighted by Crippen LogP contribution is -2.54. The number of amides is 3. The van der Waals surface area contributed by atoms with E-state index in [9.17, 15) is 22.8 Å². The van der Waals surface area contributed by atoms with Crippen molar-refractivity contribution < 1.29 is 27.5 Å². The summed E-state index contributed by atoms with van der Waals surface area (Å²) < 4.78 is 30.5. The van der Waals surface area contributed by atoms with E-state index < -0.39 is 45.6 Å². The Balaban J connectivity index is 1.67. The fourth-order valence-electron chi connectivity index (χ4n) is 3.54. The van der Waals surface area contributed by atoms with Crippen LogP contribution in [0.3, 0.4) is 0 Å². The summed E-state index contributed by atoms with van der Waals surface area (Å²) in [5.41, 5.74) is 6.99. The molecule has 10 heteroatoms. The van der Waals surface area contributed by atoms with Crippen molar-refractivity contribution in [2.75, 3.05) is 5.75 Å². The summed E-state index contributed by atoms with van der Waals surface area (Å²) in [6, 6.07) is 23.4. The molecule has 9 nitrogen and oxygen atoms in total. The van der Waals surface area contributed by atoms with Crippen LogP contribution < -0.4 is 16.4 Å². The molecule has 0 radical (unpaired) electrons. The molecule has 0 saturated heterocycles. The molecule has 3 aromatic carbocycles. The molecule has 2 atom stereocenters. The van der Waals surface area contributed by atoms with Crippen molar-refractivity contribution in [3.63, 3.8) is 0 Å². The predicted octanol–water partition coefficient (Wildman–Crippen LogP) is 2.36. The van der Waals surface area contributed by atoms with Gasteiger partial charge in [-0.3, -0.25) is 9.59 Å². The highest BCUT2D eigenvalue weighted by Crippen LogP contribution is 2.13. The maximum absolute atomic E-state index is 13.1. The number of rotatable bonds is 12. The Morgan fingerprint density at radius 3 is 1.86 bits per heavy atom. The van der Waals surface area contributed by atoms with Gasteiger partial charge in [0.05, 0.1) is 10.6 Å². The lowest BCUT2D eigenvalue weighted by Gasteiger charge is -2.22. The van der Waals surface area contributed by atoms with Gasteiger partial charge in [-0.05, 0) is 29.7 Å². The minimum absolute atomic E-state index is 0.00755. The van der Waals surface area contributed by atoms with E-state index in [1.807, 2.05) is 24.3 Å². The van der Waals surface area contributed by atoms with E-state index in [-0.39, 0.29) is 24.3 Å². The van der Waals surface area contributed by atoms with Gasteiger partial charge in [0.25, 0.3) is 0 Å². The average Bonchev–Trinajstić information content (AvgIpc) is 2.91. The number of benzene rings is 3. The number of carbonyl (C=O) groups is 3. The second-order valence-corrected chi connectivity index (χ2v) is 10.4. The summed E-state index contributed by atoms with van der Waals surface area (Å²) in [5, 5.41) is 5.03. The number of ether oxygens (including phenoxy) is 1. The molecule has 0 bridgehead atoms. The van der Waals surface area contributed by atoms with E-state index in [4.69, 9.17) is 10.5 Å². The third-order valence-corrected chi connectivity index (χ3v) is 7.31. The molecule has 0 spiro atoms. The van der Waals surface area contributed by atoms with Gasteiger partial charge in [-0.15, -0.1) is 0 Å². The number of sulfone groups is 1. The van der Waals surface area contributed by atoms with Gasteiger partial charge in [0, 0.05) is 6.42 Å². The molecule has 3 aromatic rings. The van der Waals surface area contributed by atoms with Crippen molar-refractivity contribution in [3.8, 4) is 0 Å². The van der Waals surface area contributed by atoms with E-state index in [1.54, 1.807) is 54.6 Å². The van der Waals surface area contributed by atoms with Crippen LogP contribution in [0, 0.1) is 0 Å². The average molecular weight is 524 g/mol. The number of nitrogens with two attached hydrogens (primary N) is 1. The van der Waals surface area contributed by atoms with Crippen molar-refractivity contribution in [1.82, 2.24) is 10.6 Å². The molecule has 0 aromatic heterocycles. The number of hydrogen-bond acceptors (Lipinski definition) is 6. The van der Waals surface area contributed by atoms with Crippen LogP contribution >= 0.6 is 0 Å². The Bertz CT molecular complexity index is 1290. The van der Waals surface area contributed by atoms with E-state index in [0.717, 1.165) is 11.1 Å². The fourth-order valence-corrected chi connectivity index (χ4v) is 4.90. The highest BCUT2D eigenvalue weighted by molar-refractivity contribution is 7.91. The summed E-state index contributed by atoms with van der Waals surface area (Å²) in [4.78, 5) is 37.8. The number of carbonyl (C=O) groups excluding carboxylic acids is 3. The van der Waals surface area contributed by atoms with E-state index in [1.165, 1.54) is 12.1 Å². The van der Waals surface area contributed by atoms with Crippen LogP contribution in [0.4, 0.5) is 4.79 Å². The maximum Gasteiger partial charge on any atom is 0.408 e. The smallest absolute Gasteiger partial charge is 0.408 e. The zero-order chi connectivity index (χ0) is 26.7. The predicted molar refractivity (Wildman–Crippen MR) is 138 cm³/mol. The van der Waals surface area contributed by atoms with Crippen LogP contribution in [0.2, 0.25) is 0 Å². The molecule has 4 N–H and O–H groups in total.